The fraction of sp³-hybridized carbons (Fsp3) is 0.312. The van der Waals surface area contributed by atoms with Crippen molar-refractivity contribution in [2.75, 3.05) is 0 Å². The van der Waals surface area contributed by atoms with Gasteiger partial charge in [-0.3, -0.25) is 14.6 Å². The molecule has 0 unspecified atom stereocenters. The number of amides is 1. The number of nitrogens with one attached hydrogen (secondary N) is 1. The van der Waals surface area contributed by atoms with Gasteiger partial charge in [-0.15, -0.1) is 0 Å². The minimum Gasteiger partial charge on any atom is -0.330 e. The zero-order chi connectivity index (χ0) is 15.2. The van der Waals surface area contributed by atoms with E-state index in [2.05, 4.69) is 9.97 Å². The highest BCUT2D eigenvalue weighted by atomic mass is 16.2. The SMILES string of the molecule is CC[C@@H](C)N(Cc1ccncc1)C(=O)c1cccc(=O)[nH]1. The Morgan fingerprint density at radius 1 is 1.29 bits per heavy atom. The molecule has 1 N–H and O–H groups in total. The van der Waals surface area contributed by atoms with E-state index >= 15 is 0 Å². The number of carbonyl (C=O) groups is 1. The number of rotatable bonds is 5. The summed E-state index contributed by atoms with van der Waals surface area (Å²) in [6, 6.07) is 8.47. The summed E-state index contributed by atoms with van der Waals surface area (Å²) in [5.41, 5.74) is 1.06. The summed E-state index contributed by atoms with van der Waals surface area (Å²) in [5, 5.41) is 0. The number of aromatic nitrogens is 2. The number of hydrogen-bond acceptors (Lipinski definition) is 3. The lowest BCUT2D eigenvalue weighted by Gasteiger charge is -2.28. The second-order valence-electron chi connectivity index (χ2n) is 4.97. The lowest BCUT2D eigenvalue weighted by Crippen LogP contribution is -2.38. The van der Waals surface area contributed by atoms with Crippen LogP contribution >= 0.6 is 0 Å². The Hall–Kier alpha value is -2.43. The molecular formula is C16H19N3O2. The van der Waals surface area contributed by atoms with Gasteiger partial charge in [0.1, 0.15) is 5.69 Å². The molecule has 2 aromatic rings. The predicted octanol–water partition coefficient (Wildman–Crippen LogP) is 2.21. The van der Waals surface area contributed by atoms with Gasteiger partial charge in [-0.25, -0.2) is 0 Å². The van der Waals surface area contributed by atoms with Crippen molar-refractivity contribution in [1.29, 1.82) is 0 Å². The van der Waals surface area contributed by atoms with Crippen LogP contribution in [0.5, 0.6) is 0 Å². The van der Waals surface area contributed by atoms with Crippen LogP contribution < -0.4 is 5.56 Å². The molecule has 0 aliphatic carbocycles. The Morgan fingerprint density at radius 3 is 2.62 bits per heavy atom. The molecule has 1 amide bonds. The predicted molar refractivity (Wildman–Crippen MR) is 80.9 cm³/mol. The zero-order valence-corrected chi connectivity index (χ0v) is 12.2. The quantitative estimate of drug-likeness (QED) is 0.916. The molecule has 0 radical (unpaired) electrons. The topological polar surface area (TPSA) is 66.1 Å². The van der Waals surface area contributed by atoms with Gasteiger partial charge in [0.15, 0.2) is 0 Å². The van der Waals surface area contributed by atoms with Gasteiger partial charge < -0.3 is 9.88 Å². The van der Waals surface area contributed by atoms with Gasteiger partial charge >= 0.3 is 0 Å². The maximum absolute atomic E-state index is 12.6. The molecule has 0 saturated carbocycles. The number of hydrogen-bond donors (Lipinski definition) is 1. The van der Waals surface area contributed by atoms with Crippen LogP contribution in [0.25, 0.3) is 0 Å². The van der Waals surface area contributed by atoms with E-state index in [0.717, 1.165) is 12.0 Å². The summed E-state index contributed by atoms with van der Waals surface area (Å²) in [6.07, 6.45) is 4.26. The summed E-state index contributed by atoms with van der Waals surface area (Å²) < 4.78 is 0. The lowest BCUT2D eigenvalue weighted by atomic mass is 10.1. The third-order valence-corrected chi connectivity index (χ3v) is 3.48. The van der Waals surface area contributed by atoms with Crippen LogP contribution in [0, 0.1) is 0 Å². The second kappa shape index (κ2) is 6.83. The number of aromatic amines is 1. The third kappa shape index (κ3) is 3.78. The maximum Gasteiger partial charge on any atom is 0.270 e. The first-order valence-electron chi connectivity index (χ1n) is 7.01. The molecular weight excluding hydrogens is 266 g/mol. The third-order valence-electron chi connectivity index (χ3n) is 3.48. The normalized spacial score (nSPS) is 11.9. The Labute approximate surface area is 123 Å². The summed E-state index contributed by atoms with van der Waals surface area (Å²) in [5.74, 6) is -0.168. The molecule has 0 spiro atoms. The molecule has 0 aliphatic heterocycles. The van der Waals surface area contributed by atoms with E-state index in [0.29, 0.717) is 12.2 Å². The van der Waals surface area contributed by atoms with Crippen molar-refractivity contribution in [2.24, 2.45) is 0 Å². The summed E-state index contributed by atoms with van der Waals surface area (Å²) in [7, 11) is 0. The molecule has 0 saturated heterocycles. The Kier molecular flexibility index (Phi) is 4.87. The van der Waals surface area contributed by atoms with Crippen molar-refractivity contribution in [2.45, 2.75) is 32.9 Å². The molecule has 2 rings (SSSR count). The first-order valence-corrected chi connectivity index (χ1v) is 7.01. The number of H-pyrrole nitrogens is 1. The van der Waals surface area contributed by atoms with Crippen LogP contribution in [0.1, 0.15) is 36.3 Å². The summed E-state index contributed by atoms with van der Waals surface area (Å²) in [4.78, 5) is 32.4. The average Bonchev–Trinajstić information content (AvgIpc) is 2.52. The van der Waals surface area contributed by atoms with Gasteiger partial charge in [0.25, 0.3) is 5.91 Å². The van der Waals surface area contributed by atoms with E-state index in [4.69, 9.17) is 0 Å². The van der Waals surface area contributed by atoms with Crippen LogP contribution in [0.3, 0.4) is 0 Å². The van der Waals surface area contributed by atoms with Crippen molar-refractivity contribution in [1.82, 2.24) is 14.9 Å². The van der Waals surface area contributed by atoms with Gasteiger partial charge in [0, 0.05) is 31.0 Å². The van der Waals surface area contributed by atoms with Crippen LogP contribution in [-0.4, -0.2) is 26.8 Å². The van der Waals surface area contributed by atoms with Gasteiger partial charge in [-0.1, -0.05) is 13.0 Å². The van der Waals surface area contributed by atoms with E-state index < -0.39 is 0 Å². The number of carbonyl (C=O) groups excluding carboxylic acids is 1. The highest BCUT2D eigenvalue weighted by molar-refractivity contribution is 5.92. The first-order chi connectivity index (χ1) is 10.1. The van der Waals surface area contributed by atoms with Gasteiger partial charge in [0.2, 0.25) is 5.56 Å². The molecule has 0 aliphatic rings. The molecule has 2 aromatic heterocycles. The smallest absolute Gasteiger partial charge is 0.270 e. The van der Waals surface area contributed by atoms with E-state index in [-0.39, 0.29) is 17.5 Å². The zero-order valence-electron chi connectivity index (χ0n) is 12.2. The Bertz CT molecular complexity index is 652. The van der Waals surface area contributed by atoms with Crippen molar-refractivity contribution >= 4 is 5.91 Å². The molecule has 0 aromatic carbocycles. The first kappa shape index (κ1) is 15.0. The Morgan fingerprint density at radius 2 is 2.00 bits per heavy atom. The second-order valence-corrected chi connectivity index (χ2v) is 4.97. The van der Waals surface area contributed by atoms with Crippen LogP contribution in [0.2, 0.25) is 0 Å². The van der Waals surface area contributed by atoms with E-state index in [9.17, 15) is 9.59 Å². The van der Waals surface area contributed by atoms with Gasteiger partial charge in [-0.05, 0) is 37.1 Å². The minimum absolute atomic E-state index is 0.0781. The van der Waals surface area contributed by atoms with Gasteiger partial charge in [-0.2, -0.15) is 0 Å². The van der Waals surface area contributed by atoms with Crippen molar-refractivity contribution < 1.29 is 4.79 Å². The summed E-state index contributed by atoms with van der Waals surface area (Å²) in [6.45, 7) is 4.53. The number of nitrogens with zero attached hydrogens (tertiary/aromatic N) is 2. The largest absolute Gasteiger partial charge is 0.330 e. The lowest BCUT2D eigenvalue weighted by molar-refractivity contribution is 0.0665. The fourth-order valence-electron chi connectivity index (χ4n) is 2.06. The average molecular weight is 285 g/mol. The number of pyridine rings is 2. The van der Waals surface area contributed by atoms with Crippen LogP contribution in [-0.2, 0) is 6.54 Å². The molecule has 0 fully saturated rings. The molecule has 5 nitrogen and oxygen atoms in total. The monoisotopic (exact) mass is 285 g/mol. The van der Waals surface area contributed by atoms with E-state index in [1.165, 1.54) is 6.07 Å². The van der Waals surface area contributed by atoms with Crippen molar-refractivity contribution in [3.8, 4) is 0 Å². The van der Waals surface area contributed by atoms with Crippen molar-refractivity contribution in [3.63, 3.8) is 0 Å². The molecule has 110 valence electrons. The molecule has 1 atom stereocenters. The standard InChI is InChI=1S/C16H19N3O2/c1-3-12(2)19(11-13-7-9-17-10-8-13)16(21)14-5-4-6-15(20)18-14/h4-10,12H,3,11H2,1-2H3,(H,18,20)/t12-/m1/s1. The van der Waals surface area contributed by atoms with Crippen LogP contribution in [0.4, 0.5) is 0 Å². The molecule has 21 heavy (non-hydrogen) atoms. The van der Waals surface area contributed by atoms with Crippen LogP contribution in [0.15, 0.2) is 47.5 Å². The van der Waals surface area contributed by atoms with E-state index in [1.807, 2.05) is 26.0 Å². The molecule has 5 heteroatoms. The van der Waals surface area contributed by atoms with Crippen molar-refractivity contribution in [3.05, 3.63) is 64.3 Å². The van der Waals surface area contributed by atoms with Gasteiger partial charge in [0.05, 0.1) is 0 Å². The highest BCUT2D eigenvalue weighted by Gasteiger charge is 2.21. The highest BCUT2D eigenvalue weighted by Crippen LogP contribution is 2.13. The fourth-order valence-corrected chi connectivity index (χ4v) is 2.06. The molecule has 0 bridgehead atoms. The Balaban J connectivity index is 2.27. The summed E-state index contributed by atoms with van der Waals surface area (Å²) >= 11 is 0. The molecule has 2 heterocycles. The maximum atomic E-state index is 12.6. The van der Waals surface area contributed by atoms with E-state index in [1.54, 1.807) is 29.4 Å². The minimum atomic E-state index is -0.270.